The van der Waals surface area contributed by atoms with Gasteiger partial charge in [0.2, 0.25) is 0 Å². The van der Waals surface area contributed by atoms with E-state index in [9.17, 15) is 0 Å². The lowest BCUT2D eigenvalue weighted by Gasteiger charge is -2.13. The molecule has 1 fully saturated rings. The van der Waals surface area contributed by atoms with Gasteiger partial charge in [-0.25, -0.2) is 0 Å². The van der Waals surface area contributed by atoms with Crippen LogP contribution in [-0.2, 0) is 14.2 Å². The first-order chi connectivity index (χ1) is 12.8. The lowest BCUT2D eigenvalue weighted by Crippen LogP contribution is -2.16. The second-order valence-electron chi connectivity index (χ2n) is 8.03. The Morgan fingerprint density at radius 3 is 1.54 bits per heavy atom. The average Bonchev–Trinajstić information content (AvgIpc) is 3.47. The van der Waals surface area contributed by atoms with Crippen molar-refractivity contribution in [3.8, 4) is 0 Å². The summed E-state index contributed by atoms with van der Waals surface area (Å²) >= 11 is 0. The SMILES string of the molecule is CCCCCCCCCCCCCCCCCCOC(C)OCC1CO1. The first-order valence-corrected chi connectivity index (χ1v) is 11.7. The molecule has 0 bridgehead atoms. The number of hydrogen-bond donors (Lipinski definition) is 0. The summed E-state index contributed by atoms with van der Waals surface area (Å²) < 4.78 is 16.3. The summed E-state index contributed by atoms with van der Waals surface area (Å²) in [5.41, 5.74) is 0. The molecule has 0 aromatic rings. The normalized spacial score (nSPS) is 17.5. The van der Waals surface area contributed by atoms with Crippen molar-refractivity contribution < 1.29 is 14.2 Å². The maximum atomic E-state index is 5.66. The van der Waals surface area contributed by atoms with Crippen molar-refractivity contribution in [2.24, 2.45) is 0 Å². The molecule has 0 aliphatic carbocycles. The molecule has 1 heterocycles. The number of epoxide rings is 1. The van der Waals surface area contributed by atoms with E-state index in [1.807, 2.05) is 6.92 Å². The Kier molecular flexibility index (Phi) is 16.8. The number of unbranched alkanes of at least 4 members (excludes halogenated alkanes) is 15. The lowest BCUT2D eigenvalue weighted by atomic mass is 10.0. The van der Waals surface area contributed by atoms with Crippen LogP contribution in [0.4, 0.5) is 0 Å². The second-order valence-corrected chi connectivity index (χ2v) is 8.03. The molecule has 0 amide bonds. The van der Waals surface area contributed by atoms with Gasteiger partial charge in [0.15, 0.2) is 6.29 Å². The third kappa shape index (κ3) is 17.3. The first-order valence-electron chi connectivity index (χ1n) is 11.7. The van der Waals surface area contributed by atoms with Gasteiger partial charge in [0.05, 0.1) is 13.2 Å². The Bertz CT molecular complexity index is 279. The van der Waals surface area contributed by atoms with Crippen molar-refractivity contribution in [3.63, 3.8) is 0 Å². The largest absolute Gasteiger partial charge is 0.371 e. The Labute approximate surface area is 163 Å². The van der Waals surface area contributed by atoms with Crippen LogP contribution >= 0.6 is 0 Å². The van der Waals surface area contributed by atoms with E-state index >= 15 is 0 Å². The quantitative estimate of drug-likeness (QED) is 0.123. The molecule has 26 heavy (non-hydrogen) atoms. The Balaban J connectivity index is 1.64. The van der Waals surface area contributed by atoms with Gasteiger partial charge in [0, 0.05) is 6.61 Å². The predicted octanol–water partition coefficient (Wildman–Crippen LogP) is 7.03. The molecule has 2 atom stereocenters. The van der Waals surface area contributed by atoms with Gasteiger partial charge in [-0.3, -0.25) is 0 Å². The maximum Gasteiger partial charge on any atom is 0.154 e. The highest BCUT2D eigenvalue weighted by Crippen LogP contribution is 2.14. The molecule has 3 nitrogen and oxygen atoms in total. The highest BCUT2D eigenvalue weighted by atomic mass is 16.7. The van der Waals surface area contributed by atoms with Crippen LogP contribution in [0.3, 0.4) is 0 Å². The summed E-state index contributed by atoms with van der Waals surface area (Å²) in [5, 5.41) is 0. The topological polar surface area (TPSA) is 31.0 Å². The third-order valence-electron chi connectivity index (χ3n) is 5.27. The number of hydrogen-bond acceptors (Lipinski definition) is 3. The molecule has 1 aliphatic rings. The molecule has 0 aromatic heterocycles. The molecule has 0 aromatic carbocycles. The summed E-state index contributed by atoms with van der Waals surface area (Å²) in [6.07, 6.45) is 22.7. The standard InChI is InChI=1S/C23H46O3/c1-3-4-5-6-7-8-9-10-11-12-13-14-15-16-17-18-19-24-22(2)25-20-23-21-26-23/h22-23H,3-21H2,1-2H3. The zero-order chi connectivity index (χ0) is 18.7. The maximum absolute atomic E-state index is 5.66. The van der Waals surface area contributed by atoms with Crippen LogP contribution in [0.25, 0.3) is 0 Å². The molecule has 2 unspecified atom stereocenters. The first kappa shape index (κ1) is 23.9. The summed E-state index contributed by atoms with van der Waals surface area (Å²) in [7, 11) is 0. The summed E-state index contributed by atoms with van der Waals surface area (Å²) in [5.74, 6) is 0. The van der Waals surface area contributed by atoms with E-state index in [1.165, 1.54) is 96.3 Å². The Hall–Kier alpha value is -0.120. The summed E-state index contributed by atoms with van der Waals surface area (Å²) in [6, 6.07) is 0. The van der Waals surface area contributed by atoms with Gasteiger partial charge < -0.3 is 14.2 Å². The summed E-state index contributed by atoms with van der Waals surface area (Å²) in [4.78, 5) is 0. The molecule has 0 saturated carbocycles. The Morgan fingerprint density at radius 1 is 0.692 bits per heavy atom. The highest BCUT2D eigenvalue weighted by Gasteiger charge is 2.23. The third-order valence-corrected chi connectivity index (χ3v) is 5.27. The van der Waals surface area contributed by atoms with Gasteiger partial charge in [-0.15, -0.1) is 0 Å². The van der Waals surface area contributed by atoms with Crippen molar-refractivity contribution in [1.82, 2.24) is 0 Å². The fourth-order valence-electron chi connectivity index (χ4n) is 3.35. The van der Waals surface area contributed by atoms with Gasteiger partial charge in [-0.05, 0) is 13.3 Å². The van der Waals surface area contributed by atoms with E-state index in [0.717, 1.165) is 19.6 Å². The smallest absolute Gasteiger partial charge is 0.154 e. The molecule has 1 rings (SSSR count). The predicted molar refractivity (Wildman–Crippen MR) is 111 cm³/mol. The van der Waals surface area contributed by atoms with Crippen LogP contribution in [0.2, 0.25) is 0 Å². The fraction of sp³-hybridized carbons (Fsp3) is 1.00. The van der Waals surface area contributed by atoms with Gasteiger partial charge >= 0.3 is 0 Å². The molecular formula is C23H46O3. The molecule has 1 aliphatic heterocycles. The van der Waals surface area contributed by atoms with Crippen LogP contribution < -0.4 is 0 Å². The van der Waals surface area contributed by atoms with Crippen molar-refractivity contribution in [2.45, 2.75) is 129 Å². The zero-order valence-electron chi connectivity index (χ0n) is 17.8. The highest BCUT2D eigenvalue weighted by molar-refractivity contribution is 4.67. The average molecular weight is 371 g/mol. The minimum Gasteiger partial charge on any atom is -0.371 e. The van der Waals surface area contributed by atoms with E-state index in [1.54, 1.807) is 0 Å². The van der Waals surface area contributed by atoms with Gasteiger partial charge in [0.25, 0.3) is 0 Å². The van der Waals surface area contributed by atoms with Gasteiger partial charge in [-0.1, -0.05) is 103 Å². The molecule has 0 N–H and O–H groups in total. The number of ether oxygens (including phenoxy) is 3. The van der Waals surface area contributed by atoms with Crippen molar-refractivity contribution in [1.29, 1.82) is 0 Å². The van der Waals surface area contributed by atoms with E-state index in [2.05, 4.69) is 6.92 Å². The van der Waals surface area contributed by atoms with Crippen molar-refractivity contribution in [2.75, 3.05) is 19.8 Å². The van der Waals surface area contributed by atoms with E-state index in [0.29, 0.717) is 12.7 Å². The van der Waals surface area contributed by atoms with Crippen LogP contribution in [0.15, 0.2) is 0 Å². The zero-order valence-corrected chi connectivity index (χ0v) is 17.8. The summed E-state index contributed by atoms with van der Waals surface area (Å²) in [6.45, 7) is 6.63. The molecule has 3 heteroatoms. The molecule has 1 saturated heterocycles. The van der Waals surface area contributed by atoms with Crippen molar-refractivity contribution >= 4 is 0 Å². The monoisotopic (exact) mass is 370 g/mol. The van der Waals surface area contributed by atoms with Crippen LogP contribution in [0.1, 0.15) is 117 Å². The van der Waals surface area contributed by atoms with Crippen molar-refractivity contribution in [3.05, 3.63) is 0 Å². The van der Waals surface area contributed by atoms with E-state index < -0.39 is 0 Å². The molecule has 0 radical (unpaired) electrons. The Morgan fingerprint density at radius 2 is 1.12 bits per heavy atom. The van der Waals surface area contributed by atoms with Gasteiger partial charge in [-0.2, -0.15) is 0 Å². The van der Waals surface area contributed by atoms with Crippen LogP contribution in [0.5, 0.6) is 0 Å². The van der Waals surface area contributed by atoms with E-state index in [-0.39, 0.29) is 6.29 Å². The molecular weight excluding hydrogens is 324 g/mol. The molecule has 156 valence electrons. The lowest BCUT2D eigenvalue weighted by molar-refractivity contribution is -0.133. The van der Waals surface area contributed by atoms with Gasteiger partial charge in [0.1, 0.15) is 6.10 Å². The minimum absolute atomic E-state index is 0.0875. The minimum atomic E-state index is -0.0875. The fourth-order valence-corrected chi connectivity index (χ4v) is 3.35. The molecule has 0 spiro atoms. The van der Waals surface area contributed by atoms with E-state index in [4.69, 9.17) is 14.2 Å². The van der Waals surface area contributed by atoms with Crippen LogP contribution in [-0.4, -0.2) is 32.2 Å². The van der Waals surface area contributed by atoms with Crippen LogP contribution in [0, 0.1) is 0 Å². The number of rotatable bonds is 21. The second kappa shape index (κ2) is 18.3.